The number of amides is 1. The summed E-state index contributed by atoms with van der Waals surface area (Å²) in [5.41, 5.74) is 2.37. The van der Waals surface area contributed by atoms with Crippen LogP contribution in [0.4, 0.5) is 19.4 Å². The van der Waals surface area contributed by atoms with Gasteiger partial charge in [0.1, 0.15) is 17.2 Å². The fourth-order valence-electron chi connectivity index (χ4n) is 4.83. The molecule has 0 aliphatic rings. The smallest absolute Gasteiger partial charge is 0.416 e. The quantitative estimate of drug-likeness (QED) is 0.139. The first kappa shape index (κ1) is 35.9. The lowest BCUT2D eigenvalue weighted by Crippen LogP contribution is -2.37. The summed E-state index contributed by atoms with van der Waals surface area (Å²) in [6.45, 7) is 5.28. The molecule has 0 atom stereocenters. The van der Waals surface area contributed by atoms with Crippen LogP contribution in [0.25, 0.3) is 11.6 Å². The molecule has 0 saturated carbocycles. The minimum Gasteiger partial charge on any atom is -0.443 e. The molecule has 4 aromatic heterocycles. The molecule has 0 N–H and O–H groups in total. The number of ether oxygens (including phenoxy) is 1. The van der Waals surface area contributed by atoms with Crippen LogP contribution in [0.5, 0.6) is 0 Å². The number of hydrogen-bond acceptors (Lipinski definition) is 8. The molecule has 0 bridgehead atoms. The monoisotopic (exact) mass is 691 g/mol. The van der Waals surface area contributed by atoms with E-state index in [1.165, 1.54) is 40.0 Å². The number of nitrogens with zero attached hydrogens (tertiary/aromatic N) is 7. The maximum absolute atomic E-state index is 13.3. The predicted octanol–water partition coefficient (Wildman–Crippen LogP) is 7.16. The van der Waals surface area contributed by atoms with Gasteiger partial charge in [0, 0.05) is 24.8 Å². The Balaban J connectivity index is 0.000000205. The number of carbonyl (C=O) groups excluding carboxylic acids is 3. The van der Waals surface area contributed by atoms with Crippen LogP contribution in [0.1, 0.15) is 58.3 Å². The van der Waals surface area contributed by atoms with E-state index >= 15 is 0 Å². The van der Waals surface area contributed by atoms with Crippen molar-refractivity contribution >= 4 is 24.5 Å². The SMILES string of the molecule is CC(C)(C)OC(=O)N(Cc1ccc(F)cc1)c1nn(-c2ccccn2)cc1C=O.O=Cc1cn(-c2ccccn2)nc1CCc1ccc(F)cc1. The lowest BCUT2D eigenvalue weighted by molar-refractivity contribution is 0.0576. The number of hydrogen-bond donors (Lipinski definition) is 0. The molecule has 0 unspecified atom stereocenters. The summed E-state index contributed by atoms with van der Waals surface area (Å²) in [6, 6.07) is 22.9. The molecule has 0 aliphatic carbocycles. The summed E-state index contributed by atoms with van der Waals surface area (Å²) in [5, 5.41) is 8.82. The Morgan fingerprint density at radius 1 is 0.725 bits per heavy atom. The van der Waals surface area contributed by atoms with Gasteiger partial charge in [-0.1, -0.05) is 36.4 Å². The molecule has 11 nitrogen and oxygen atoms in total. The molecule has 260 valence electrons. The van der Waals surface area contributed by atoms with Crippen LogP contribution in [0.3, 0.4) is 0 Å². The van der Waals surface area contributed by atoms with E-state index in [1.54, 1.807) is 86.5 Å². The molecule has 0 saturated heterocycles. The van der Waals surface area contributed by atoms with Crippen molar-refractivity contribution < 1.29 is 27.9 Å². The van der Waals surface area contributed by atoms with E-state index in [4.69, 9.17) is 4.74 Å². The van der Waals surface area contributed by atoms with Gasteiger partial charge in [0.2, 0.25) is 0 Å². The highest BCUT2D eigenvalue weighted by Crippen LogP contribution is 2.24. The first-order valence-corrected chi connectivity index (χ1v) is 15.9. The van der Waals surface area contributed by atoms with Crippen LogP contribution in [-0.4, -0.2) is 53.8 Å². The summed E-state index contributed by atoms with van der Waals surface area (Å²) < 4.78 is 34.7. The molecule has 0 spiro atoms. The van der Waals surface area contributed by atoms with Crippen molar-refractivity contribution in [3.8, 4) is 11.6 Å². The third kappa shape index (κ3) is 9.85. The summed E-state index contributed by atoms with van der Waals surface area (Å²) in [7, 11) is 0. The number of aromatic nitrogens is 6. The van der Waals surface area contributed by atoms with Crippen LogP contribution in [0, 0.1) is 11.6 Å². The number of rotatable bonds is 10. The van der Waals surface area contributed by atoms with Crippen molar-refractivity contribution in [1.82, 2.24) is 29.5 Å². The minimum atomic E-state index is -0.747. The Hall–Kier alpha value is -6.37. The molecule has 0 aliphatic heterocycles. The van der Waals surface area contributed by atoms with Crippen molar-refractivity contribution in [1.29, 1.82) is 0 Å². The van der Waals surface area contributed by atoms with E-state index in [-0.39, 0.29) is 29.6 Å². The molecular weight excluding hydrogens is 656 g/mol. The average molecular weight is 692 g/mol. The highest BCUT2D eigenvalue weighted by atomic mass is 19.1. The molecular formula is C38H35F2N7O4. The van der Waals surface area contributed by atoms with Crippen molar-refractivity contribution in [2.45, 2.75) is 45.8 Å². The van der Waals surface area contributed by atoms with Gasteiger partial charge in [-0.15, -0.1) is 5.10 Å². The highest BCUT2D eigenvalue weighted by Gasteiger charge is 2.28. The molecule has 0 fully saturated rings. The Kier molecular flexibility index (Phi) is 11.5. The zero-order chi connectivity index (χ0) is 36.4. The zero-order valence-corrected chi connectivity index (χ0v) is 28.2. The van der Waals surface area contributed by atoms with Gasteiger partial charge in [-0.25, -0.2) is 32.9 Å². The van der Waals surface area contributed by atoms with Crippen LogP contribution < -0.4 is 4.90 Å². The van der Waals surface area contributed by atoms with Gasteiger partial charge >= 0.3 is 6.09 Å². The lowest BCUT2D eigenvalue weighted by Gasteiger charge is -2.26. The summed E-state index contributed by atoms with van der Waals surface area (Å²) >= 11 is 0. The molecule has 2 aromatic carbocycles. The van der Waals surface area contributed by atoms with Crippen molar-refractivity contribution in [3.05, 3.63) is 149 Å². The summed E-state index contributed by atoms with van der Waals surface area (Å²) in [4.78, 5) is 45.4. The third-order valence-corrected chi connectivity index (χ3v) is 7.25. The maximum Gasteiger partial charge on any atom is 0.416 e. The summed E-state index contributed by atoms with van der Waals surface area (Å²) in [6.07, 6.45) is 8.49. The molecule has 6 aromatic rings. The predicted molar refractivity (Wildman–Crippen MR) is 186 cm³/mol. The first-order valence-electron chi connectivity index (χ1n) is 15.9. The van der Waals surface area contributed by atoms with E-state index < -0.39 is 11.7 Å². The van der Waals surface area contributed by atoms with Crippen LogP contribution >= 0.6 is 0 Å². The number of pyridine rings is 2. The van der Waals surface area contributed by atoms with E-state index in [1.807, 2.05) is 18.2 Å². The number of aryl methyl sites for hydroxylation is 2. The van der Waals surface area contributed by atoms with Crippen molar-refractivity contribution in [3.63, 3.8) is 0 Å². The second-order valence-corrected chi connectivity index (χ2v) is 12.3. The van der Waals surface area contributed by atoms with E-state index in [2.05, 4.69) is 20.2 Å². The Morgan fingerprint density at radius 3 is 1.76 bits per heavy atom. The van der Waals surface area contributed by atoms with Gasteiger partial charge in [-0.3, -0.25) is 14.5 Å². The number of carbonyl (C=O) groups is 3. The van der Waals surface area contributed by atoms with Crippen molar-refractivity contribution in [2.75, 3.05) is 4.90 Å². The van der Waals surface area contributed by atoms with Gasteiger partial charge in [0.05, 0.1) is 23.4 Å². The number of aldehydes is 2. The minimum absolute atomic E-state index is 0.0509. The van der Waals surface area contributed by atoms with Gasteiger partial charge in [-0.05, 0) is 93.3 Å². The number of benzene rings is 2. The topological polar surface area (TPSA) is 125 Å². The Labute approximate surface area is 293 Å². The first-order chi connectivity index (χ1) is 24.5. The average Bonchev–Trinajstić information content (AvgIpc) is 3.76. The fraction of sp³-hybridized carbons (Fsp3) is 0.184. The molecule has 13 heteroatoms. The van der Waals surface area contributed by atoms with Crippen LogP contribution in [-0.2, 0) is 24.1 Å². The fourth-order valence-corrected chi connectivity index (χ4v) is 4.83. The van der Waals surface area contributed by atoms with E-state index in [0.29, 0.717) is 47.6 Å². The van der Waals surface area contributed by atoms with Crippen LogP contribution in [0.15, 0.2) is 110 Å². The normalized spacial score (nSPS) is 10.9. The van der Waals surface area contributed by atoms with Gasteiger partial charge in [-0.2, -0.15) is 5.10 Å². The zero-order valence-electron chi connectivity index (χ0n) is 28.2. The number of halogens is 2. The molecule has 6 rings (SSSR count). The standard InChI is InChI=1S/C21H21FN4O3.C17H14FN3O/c1-21(2,3)29-20(28)25(12-15-7-9-17(22)10-8-15)19-16(14-27)13-26(24-19)18-6-4-5-11-23-18;18-15-7-4-13(5-8-15)6-9-16-14(12-22)11-21(20-16)17-3-1-2-10-19-17/h4-11,13-14H,12H2,1-3H3;1-5,7-8,10-12H,6,9H2. The maximum atomic E-state index is 13.3. The Morgan fingerprint density at radius 2 is 1.25 bits per heavy atom. The second-order valence-electron chi connectivity index (χ2n) is 12.3. The molecule has 1 amide bonds. The van der Waals surface area contributed by atoms with Gasteiger partial charge in [0.25, 0.3) is 0 Å². The molecule has 0 radical (unpaired) electrons. The van der Waals surface area contributed by atoms with Gasteiger partial charge < -0.3 is 4.74 Å². The molecule has 51 heavy (non-hydrogen) atoms. The second kappa shape index (κ2) is 16.4. The van der Waals surface area contributed by atoms with E-state index in [9.17, 15) is 23.2 Å². The van der Waals surface area contributed by atoms with E-state index in [0.717, 1.165) is 11.8 Å². The third-order valence-electron chi connectivity index (χ3n) is 7.25. The highest BCUT2D eigenvalue weighted by molar-refractivity contribution is 5.93. The molecule has 4 heterocycles. The van der Waals surface area contributed by atoms with Crippen molar-refractivity contribution in [2.24, 2.45) is 0 Å². The summed E-state index contributed by atoms with van der Waals surface area (Å²) in [5.74, 6) is 0.651. The van der Waals surface area contributed by atoms with Gasteiger partial charge in [0.15, 0.2) is 30.0 Å². The largest absolute Gasteiger partial charge is 0.443 e. The van der Waals surface area contributed by atoms with Crippen LogP contribution in [0.2, 0.25) is 0 Å². The lowest BCUT2D eigenvalue weighted by atomic mass is 10.1. The number of anilines is 1. The Bertz CT molecular complexity index is 2060.